The highest BCUT2D eigenvalue weighted by atomic mass is 16.5. The Morgan fingerprint density at radius 3 is 2.58 bits per heavy atom. The van der Waals surface area contributed by atoms with E-state index in [9.17, 15) is 4.79 Å². The average Bonchev–Trinajstić information content (AvgIpc) is 3.01. The molecule has 0 N–H and O–H groups in total. The maximum atomic E-state index is 12.5. The lowest BCUT2D eigenvalue weighted by Crippen LogP contribution is -2.28. The first-order valence-corrected chi connectivity index (χ1v) is 8.55. The Bertz CT molecular complexity index is 1020. The van der Waals surface area contributed by atoms with Gasteiger partial charge in [-0.15, -0.1) is 0 Å². The molecule has 134 valence electrons. The Morgan fingerprint density at radius 1 is 1.08 bits per heavy atom. The summed E-state index contributed by atoms with van der Waals surface area (Å²) in [5, 5.41) is 4.40. The van der Waals surface area contributed by atoms with Crippen LogP contribution in [-0.2, 0) is 6.42 Å². The summed E-state index contributed by atoms with van der Waals surface area (Å²) in [6.07, 6.45) is 4.89. The van der Waals surface area contributed by atoms with E-state index in [2.05, 4.69) is 18.9 Å². The van der Waals surface area contributed by atoms with Crippen molar-refractivity contribution in [3.05, 3.63) is 41.9 Å². The fourth-order valence-electron chi connectivity index (χ4n) is 3.57. The van der Waals surface area contributed by atoms with Crippen LogP contribution in [0.4, 0.5) is 0 Å². The van der Waals surface area contributed by atoms with Crippen LogP contribution in [0.15, 0.2) is 30.6 Å². The maximum Gasteiger partial charge on any atom is 0.166 e. The molecule has 1 aliphatic carbocycles. The first-order valence-electron chi connectivity index (χ1n) is 8.55. The average molecular weight is 351 g/mol. The highest BCUT2D eigenvalue weighted by Gasteiger charge is 2.32. The molecule has 0 spiro atoms. The van der Waals surface area contributed by atoms with E-state index >= 15 is 0 Å². The second-order valence-corrected chi connectivity index (χ2v) is 7.44. The monoisotopic (exact) mass is 351 g/mol. The molecule has 0 bridgehead atoms. The van der Waals surface area contributed by atoms with Crippen molar-refractivity contribution in [2.45, 2.75) is 26.7 Å². The zero-order valence-electron chi connectivity index (χ0n) is 15.4. The standard InChI is InChI=1S/C20H21N3O3/c1-20(2)8-15-14(16(24)9-20)11-23-19(22-15)13(10-21-23)12-5-6-17(25-3)18(7-12)26-4/h5-7,10-11H,8-9H2,1-4H3. The van der Waals surface area contributed by atoms with Crippen LogP contribution in [0.25, 0.3) is 16.8 Å². The smallest absolute Gasteiger partial charge is 0.166 e. The van der Waals surface area contributed by atoms with E-state index in [0.717, 1.165) is 28.9 Å². The number of carbonyl (C=O) groups excluding carboxylic acids is 1. The molecule has 0 radical (unpaired) electrons. The number of hydrogen-bond donors (Lipinski definition) is 0. The lowest BCUT2D eigenvalue weighted by atomic mass is 9.76. The Labute approximate surface area is 151 Å². The summed E-state index contributed by atoms with van der Waals surface area (Å²) in [5.41, 5.74) is 4.02. The second-order valence-electron chi connectivity index (χ2n) is 7.44. The number of ketones is 1. The van der Waals surface area contributed by atoms with Crippen molar-refractivity contribution in [2.24, 2.45) is 5.41 Å². The largest absolute Gasteiger partial charge is 0.493 e. The molecule has 0 amide bonds. The Balaban J connectivity index is 1.87. The van der Waals surface area contributed by atoms with Gasteiger partial charge in [-0.3, -0.25) is 4.79 Å². The van der Waals surface area contributed by atoms with E-state index in [0.29, 0.717) is 23.5 Å². The number of rotatable bonds is 3. The van der Waals surface area contributed by atoms with Crippen molar-refractivity contribution in [3.63, 3.8) is 0 Å². The van der Waals surface area contributed by atoms with Crippen LogP contribution >= 0.6 is 0 Å². The highest BCUT2D eigenvalue weighted by Crippen LogP contribution is 2.36. The van der Waals surface area contributed by atoms with Crippen molar-refractivity contribution in [2.75, 3.05) is 14.2 Å². The number of benzene rings is 1. The van der Waals surface area contributed by atoms with Crippen LogP contribution in [-0.4, -0.2) is 34.6 Å². The number of aromatic nitrogens is 3. The number of Topliss-reactive ketones (excluding diaryl/α,β-unsaturated/α-hetero) is 1. The summed E-state index contributed by atoms with van der Waals surface area (Å²) >= 11 is 0. The minimum Gasteiger partial charge on any atom is -0.493 e. The predicted octanol–water partition coefficient (Wildman–Crippen LogP) is 3.57. The molecule has 6 heteroatoms. The Kier molecular flexibility index (Phi) is 3.72. The van der Waals surface area contributed by atoms with Gasteiger partial charge in [-0.05, 0) is 29.5 Å². The molecule has 1 aromatic carbocycles. The number of ether oxygens (including phenoxy) is 2. The van der Waals surface area contributed by atoms with Crippen LogP contribution in [0.1, 0.15) is 36.3 Å². The molecule has 1 aliphatic rings. The van der Waals surface area contributed by atoms with Crippen LogP contribution in [0, 0.1) is 5.41 Å². The maximum absolute atomic E-state index is 12.5. The minimum atomic E-state index is -0.0705. The van der Waals surface area contributed by atoms with Crippen LogP contribution in [0.5, 0.6) is 11.5 Å². The third-order valence-electron chi connectivity index (χ3n) is 4.85. The van der Waals surface area contributed by atoms with Crippen molar-refractivity contribution in [3.8, 4) is 22.6 Å². The summed E-state index contributed by atoms with van der Waals surface area (Å²) in [6.45, 7) is 4.21. The SMILES string of the molecule is COc1ccc(-c2cnn3cc4c(nc23)CC(C)(C)CC4=O)cc1OC. The van der Waals surface area contributed by atoms with Gasteiger partial charge >= 0.3 is 0 Å². The van der Waals surface area contributed by atoms with Gasteiger partial charge in [0, 0.05) is 18.2 Å². The first kappa shape index (κ1) is 16.6. The molecular formula is C20H21N3O3. The summed E-state index contributed by atoms with van der Waals surface area (Å²) < 4.78 is 12.4. The topological polar surface area (TPSA) is 65.7 Å². The number of carbonyl (C=O) groups is 1. The van der Waals surface area contributed by atoms with Gasteiger partial charge in [0.1, 0.15) is 0 Å². The molecule has 2 heterocycles. The molecule has 0 unspecified atom stereocenters. The van der Waals surface area contributed by atoms with Crippen LogP contribution < -0.4 is 9.47 Å². The van der Waals surface area contributed by atoms with Crippen molar-refractivity contribution < 1.29 is 14.3 Å². The van der Waals surface area contributed by atoms with Gasteiger partial charge in [0.25, 0.3) is 0 Å². The molecule has 6 nitrogen and oxygen atoms in total. The van der Waals surface area contributed by atoms with Gasteiger partial charge in [0.2, 0.25) is 0 Å². The summed E-state index contributed by atoms with van der Waals surface area (Å²) in [5.74, 6) is 1.46. The Morgan fingerprint density at radius 2 is 1.85 bits per heavy atom. The molecule has 0 saturated heterocycles. The van der Waals surface area contributed by atoms with E-state index in [1.807, 2.05) is 18.2 Å². The van der Waals surface area contributed by atoms with Gasteiger partial charge in [0.05, 0.1) is 31.7 Å². The van der Waals surface area contributed by atoms with E-state index in [4.69, 9.17) is 14.5 Å². The molecule has 0 saturated carbocycles. The fraction of sp³-hybridized carbons (Fsp3) is 0.350. The molecule has 4 rings (SSSR count). The van der Waals surface area contributed by atoms with E-state index in [-0.39, 0.29) is 11.2 Å². The number of hydrogen-bond acceptors (Lipinski definition) is 5. The molecule has 3 aromatic rings. The van der Waals surface area contributed by atoms with Crippen molar-refractivity contribution in [1.82, 2.24) is 14.6 Å². The molecule has 0 fully saturated rings. The quantitative estimate of drug-likeness (QED) is 0.722. The number of nitrogens with zero attached hydrogens (tertiary/aromatic N) is 3. The molecule has 0 atom stereocenters. The van der Waals surface area contributed by atoms with Crippen LogP contribution in [0.3, 0.4) is 0 Å². The van der Waals surface area contributed by atoms with Gasteiger partial charge in [-0.25, -0.2) is 9.50 Å². The van der Waals surface area contributed by atoms with E-state index in [1.54, 1.807) is 31.1 Å². The minimum absolute atomic E-state index is 0.0705. The zero-order chi connectivity index (χ0) is 18.5. The summed E-state index contributed by atoms with van der Waals surface area (Å²) in [4.78, 5) is 17.3. The summed E-state index contributed by atoms with van der Waals surface area (Å²) in [6, 6.07) is 5.73. The van der Waals surface area contributed by atoms with Crippen LogP contribution in [0.2, 0.25) is 0 Å². The highest BCUT2D eigenvalue weighted by molar-refractivity contribution is 5.98. The van der Waals surface area contributed by atoms with E-state index in [1.165, 1.54) is 0 Å². The molecule has 26 heavy (non-hydrogen) atoms. The van der Waals surface area contributed by atoms with Gasteiger partial charge < -0.3 is 9.47 Å². The fourth-order valence-corrected chi connectivity index (χ4v) is 3.57. The van der Waals surface area contributed by atoms with Crippen molar-refractivity contribution >= 4 is 11.4 Å². The van der Waals surface area contributed by atoms with Gasteiger partial charge in [-0.2, -0.15) is 5.10 Å². The second kappa shape index (κ2) is 5.83. The lowest BCUT2D eigenvalue weighted by Gasteiger charge is -2.29. The molecular weight excluding hydrogens is 330 g/mol. The van der Waals surface area contributed by atoms with E-state index < -0.39 is 0 Å². The third-order valence-corrected chi connectivity index (χ3v) is 4.85. The van der Waals surface area contributed by atoms with Gasteiger partial charge in [-0.1, -0.05) is 19.9 Å². The third kappa shape index (κ3) is 2.62. The van der Waals surface area contributed by atoms with Gasteiger partial charge in [0.15, 0.2) is 22.9 Å². The normalized spacial score (nSPS) is 15.8. The summed E-state index contributed by atoms with van der Waals surface area (Å²) in [7, 11) is 3.22. The predicted molar refractivity (Wildman–Crippen MR) is 98.0 cm³/mol. The zero-order valence-corrected chi connectivity index (χ0v) is 15.4. The first-order chi connectivity index (χ1) is 12.4. The molecule has 0 aliphatic heterocycles. The number of methoxy groups -OCH3 is 2. The Hall–Kier alpha value is -2.89. The number of fused-ring (bicyclic) bond motifs is 2. The van der Waals surface area contributed by atoms with Crippen molar-refractivity contribution in [1.29, 1.82) is 0 Å². The lowest BCUT2D eigenvalue weighted by molar-refractivity contribution is 0.0909. The molecule has 2 aromatic heterocycles.